The van der Waals surface area contributed by atoms with E-state index in [2.05, 4.69) is 5.43 Å². The quantitative estimate of drug-likeness (QED) is 0.778. The molecule has 0 atom stereocenters. The van der Waals surface area contributed by atoms with Gasteiger partial charge >= 0.3 is 0 Å². The molecule has 4 nitrogen and oxygen atoms in total. The molecule has 1 heterocycles. The minimum absolute atomic E-state index is 0.0494. The van der Waals surface area contributed by atoms with Crippen molar-refractivity contribution >= 4 is 11.6 Å². The molecule has 4 heteroatoms. The number of hydrogen-bond acceptors (Lipinski definition) is 3. The molecule has 1 aliphatic heterocycles. The lowest BCUT2D eigenvalue weighted by Crippen LogP contribution is -2.44. The van der Waals surface area contributed by atoms with Crippen LogP contribution in [0.2, 0.25) is 0 Å². The first-order chi connectivity index (χ1) is 8.20. The summed E-state index contributed by atoms with van der Waals surface area (Å²) in [6, 6.07) is 6.94. The fraction of sp³-hybridized carbons (Fsp3) is 0.462. The smallest absolute Gasteiger partial charge is 0.243 e. The molecule has 0 bridgehead atoms. The van der Waals surface area contributed by atoms with Gasteiger partial charge in [-0.05, 0) is 25.0 Å². The minimum Gasteiger partial charge on any atom is -0.506 e. The maximum absolute atomic E-state index is 12.0. The second kappa shape index (κ2) is 3.74. The number of nitrogens with zero attached hydrogens (tertiary/aromatic N) is 1. The first-order valence-electron chi connectivity index (χ1n) is 6.09. The van der Waals surface area contributed by atoms with Gasteiger partial charge in [-0.2, -0.15) is 0 Å². The van der Waals surface area contributed by atoms with Crippen molar-refractivity contribution in [3.8, 4) is 5.75 Å². The molecule has 2 N–H and O–H groups in total. The lowest BCUT2D eigenvalue weighted by atomic mass is 9.96. The van der Waals surface area contributed by atoms with Crippen molar-refractivity contribution in [2.24, 2.45) is 0 Å². The van der Waals surface area contributed by atoms with E-state index in [1.165, 1.54) is 17.9 Å². The number of phenolic OH excluding ortho intramolecular Hbond substituents is 1. The SMILES string of the molecule is O=C1CC2(CCCC2)NN1c1ccccc1O. The van der Waals surface area contributed by atoms with E-state index in [-0.39, 0.29) is 17.2 Å². The Kier molecular flexibility index (Phi) is 2.33. The van der Waals surface area contributed by atoms with Crippen LogP contribution in [0.15, 0.2) is 24.3 Å². The molecule has 1 aromatic carbocycles. The average molecular weight is 232 g/mol. The largest absolute Gasteiger partial charge is 0.506 e. The molecule has 0 aromatic heterocycles. The van der Waals surface area contributed by atoms with Gasteiger partial charge in [0.05, 0.1) is 0 Å². The lowest BCUT2D eigenvalue weighted by Gasteiger charge is -2.25. The lowest BCUT2D eigenvalue weighted by molar-refractivity contribution is -0.117. The highest BCUT2D eigenvalue weighted by atomic mass is 16.3. The highest BCUT2D eigenvalue weighted by Crippen LogP contribution is 2.39. The number of aromatic hydroxyl groups is 1. The maximum Gasteiger partial charge on any atom is 0.243 e. The third-order valence-electron chi connectivity index (χ3n) is 3.77. The van der Waals surface area contributed by atoms with Gasteiger partial charge in [0.25, 0.3) is 0 Å². The topological polar surface area (TPSA) is 52.6 Å². The molecule has 0 radical (unpaired) electrons. The van der Waals surface area contributed by atoms with Crippen LogP contribution >= 0.6 is 0 Å². The molecule has 3 rings (SSSR count). The Balaban J connectivity index is 1.90. The van der Waals surface area contributed by atoms with Crippen molar-refractivity contribution in [2.75, 3.05) is 5.01 Å². The summed E-state index contributed by atoms with van der Waals surface area (Å²) in [5.41, 5.74) is 3.80. The van der Waals surface area contributed by atoms with Gasteiger partial charge in [0.15, 0.2) is 0 Å². The molecule has 2 aliphatic rings. The van der Waals surface area contributed by atoms with Gasteiger partial charge in [-0.25, -0.2) is 10.4 Å². The van der Waals surface area contributed by atoms with E-state index in [1.807, 2.05) is 6.07 Å². The van der Waals surface area contributed by atoms with E-state index >= 15 is 0 Å². The van der Waals surface area contributed by atoms with Crippen LogP contribution in [-0.4, -0.2) is 16.6 Å². The Morgan fingerprint density at radius 3 is 2.65 bits per heavy atom. The summed E-state index contributed by atoms with van der Waals surface area (Å²) in [6.07, 6.45) is 4.98. The number of amides is 1. The minimum atomic E-state index is -0.0562. The number of nitrogens with one attached hydrogen (secondary N) is 1. The molecule has 1 saturated heterocycles. The van der Waals surface area contributed by atoms with Crippen molar-refractivity contribution in [3.05, 3.63) is 24.3 Å². The highest BCUT2D eigenvalue weighted by molar-refractivity contribution is 5.96. The Hall–Kier alpha value is -1.55. The van der Waals surface area contributed by atoms with E-state index in [1.54, 1.807) is 18.2 Å². The monoisotopic (exact) mass is 232 g/mol. The van der Waals surface area contributed by atoms with Crippen LogP contribution in [0.5, 0.6) is 5.75 Å². The van der Waals surface area contributed by atoms with E-state index in [9.17, 15) is 9.90 Å². The predicted octanol–water partition coefficient (Wildman–Crippen LogP) is 1.95. The number of hydrogen-bond donors (Lipinski definition) is 2. The number of hydrazine groups is 1. The Morgan fingerprint density at radius 1 is 1.24 bits per heavy atom. The van der Waals surface area contributed by atoms with E-state index in [4.69, 9.17) is 0 Å². The fourth-order valence-corrected chi connectivity index (χ4v) is 2.90. The van der Waals surface area contributed by atoms with Crippen molar-refractivity contribution in [2.45, 2.75) is 37.6 Å². The van der Waals surface area contributed by atoms with Crippen LogP contribution in [-0.2, 0) is 4.79 Å². The fourth-order valence-electron chi connectivity index (χ4n) is 2.90. The van der Waals surface area contributed by atoms with Gasteiger partial charge < -0.3 is 5.11 Å². The standard InChI is InChI=1S/C13H16N2O2/c16-11-6-2-1-5-10(11)15-12(17)9-13(14-15)7-3-4-8-13/h1-2,5-6,14,16H,3-4,7-9H2. The molecule has 1 aliphatic carbocycles. The summed E-state index contributed by atoms with van der Waals surface area (Å²) in [4.78, 5) is 12.0. The van der Waals surface area contributed by atoms with Crippen molar-refractivity contribution in [1.82, 2.24) is 5.43 Å². The van der Waals surface area contributed by atoms with Crippen molar-refractivity contribution in [3.63, 3.8) is 0 Å². The Morgan fingerprint density at radius 2 is 1.94 bits per heavy atom. The molecule has 17 heavy (non-hydrogen) atoms. The summed E-state index contributed by atoms with van der Waals surface area (Å²) < 4.78 is 0. The molecular weight excluding hydrogens is 216 g/mol. The van der Waals surface area contributed by atoms with Gasteiger partial charge in [-0.15, -0.1) is 0 Å². The second-order valence-corrected chi connectivity index (χ2v) is 4.99. The number of benzene rings is 1. The first kappa shape index (κ1) is 10.6. The van der Waals surface area contributed by atoms with Gasteiger partial charge in [-0.1, -0.05) is 25.0 Å². The third-order valence-corrected chi connectivity index (χ3v) is 3.77. The maximum atomic E-state index is 12.0. The summed E-state index contributed by atoms with van der Waals surface area (Å²) >= 11 is 0. The van der Waals surface area contributed by atoms with Crippen LogP contribution < -0.4 is 10.4 Å². The number of rotatable bonds is 1. The molecule has 1 saturated carbocycles. The van der Waals surface area contributed by atoms with Crippen LogP contribution in [0.1, 0.15) is 32.1 Å². The molecule has 1 spiro atoms. The molecule has 1 aromatic rings. The van der Waals surface area contributed by atoms with E-state index < -0.39 is 0 Å². The highest BCUT2D eigenvalue weighted by Gasteiger charge is 2.45. The number of anilines is 1. The van der Waals surface area contributed by atoms with Crippen LogP contribution in [0, 0.1) is 0 Å². The number of carbonyl (C=O) groups is 1. The molecule has 0 unspecified atom stereocenters. The summed E-state index contributed by atoms with van der Waals surface area (Å²) in [5, 5.41) is 11.3. The summed E-state index contributed by atoms with van der Waals surface area (Å²) in [7, 11) is 0. The normalized spacial score (nSPS) is 22.6. The van der Waals surface area contributed by atoms with Crippen LogP contribution in [0.25, 0.3) is 0 Å². The van der Waals surface area contributed by atoms with Crippen molar-refractivity contribution in [1.29, 1.82) is 0 Å². The second-order valence-electron chi connectivity index (χ2n) is 4.99. The van der Waals surface area contributed by atoms with E-state index in [0.717, 1.165) is 12.8 Å². The Labute approximate surface area is 100 Å². The average Bonchev–Trinajstić information content (AvgIpc) is 2.88. The predicted molar refractivity (Wildman–Crippen MR) is 64.5 cm³/mol. The molecule has 1 amide bonds. The summed E-state index contributed by atoms with van der Waals surface area (Å²) in [6.45, 7) is 0. The van der Waals surface area contributed by atoms with Crippen LogP contribution in [0.3, 0.4) is 0 Å². The molecule has 2 fully saturated rings. The molecule has 90 valence electrons. The first-order valence-corrected chi connectivity index (χ1v) is 6.09. The van der Waals surface area contributed by atoms with Gasteiger partial charge in [0, 0.05) is 12.0 Å². The Bertz CT molecular complexity index is 452. The summed E-state index contributed by atoms with van der Waals surface area (Å²) in [5.74, 6) is 0.191. The zero-order valence-corrected chi connectivity index (χ0v) is 9.65. The third kappa shape index (κ3) is 1.69. The van der Waals surface area contributed by atoms with Gasteiger partial charge in [0.2, 0.25) is 5.91 Å². The molecular formula is C13H16N2O2. The zero-order chi connectivity index (χ0) is 11.9. The zero-order valence-electron chi connectivity index (χ0n) is 9.65. The number of carbonyl (C=O) groups excluding carboxylic acids is 1. The van der Waals surface area contributed by atoms with Gasteiger partial charge in [-0.3, -0.25) is 4.79 Å². The van der Waals surface area contributed by atoms with Crippen molar-refractivity contribution < 1.29 is 9.90 Å². The van der Waals surface area contributed by atoms with E-state index in [0.29, 0.717) is 12.1 Å². The van der Waals surface area contributed by atoms with Gasteiger partial charge in [0.1, 0.15) is 11.4 Å². The number of para-hydroxylation sites is 2. The van der Waals surface area contributed by atoms with Crippen LogP contribution in [0.4, 0.5) is 5.69 Å². The number of phenols is 1.